The first kappa shape index (κ1) is 24.1. The maximum absolute atomic E-state index is 6.07. The molecule has 0 spiro atoms. The summed E-state index contributed by atoms with van der Waals surface area (Å²) in [7, 11) is 1.72. The van der Waals surface area contributed by atoms with Crippen molar-refractivity contribution < 1.29 is 9.47 Å². The van der Waals surface area contributed by atoms with Gasteiger partial charge < -0.3 is 9.47 Å². The van der Waals surface area contributed by atoms with E-state index in [-0.39, 0.29) is 5.41 Å². The molecule has 2 aromatic heterocycles. The maximum Gasteiger partial charge on any atom is 0.122 e. The van der Waals surface area contributed by atoms with Crippen molar-refractivity contribution in [2.45, 2.75) is 33.8 Å². The summed E-state index contributed by atoms with van der Waals surface area (Å²) >= 11 is 3.46. The van der Waals surface area contributed by atoms with Crippen molar-refractivity contribution >= 4 is 28.7 Å². The summed E-state index contributed by atoms with van der Waals surface area (Å²) in [5.41, 5.74) is 4.85. The van der Waals surface area contributed by atoms with Gasteiger partial charge >= 0.3 is 0 Å². The lowest BCUT2D eigenvalue weighted by Crippen LogP contribution is -1.98. The molecule has 0 saturated heterocycles. The number of allylic oxidation sites excluding steroid dienone is 2. The Labute approximate surface area is 200 Å². The van der Waals surface area contributed by atoms with Gasteiger partial charge in [0, 0.05) is 17.4 Å². The van der Waals surface area contributed by atoms with E-state index < -0.39 is 0 Å². The molecule has 3 rings (SSSR count). The molecule has 0 aliphatic carbocycles. The van der Waals surface area contributed by atoms with Crippen LogP contribution in [-0.4, -0.2) is 13.7 Å². The van der Waals surface area contributed by atoms with Crippen LogP contribution in [-0.2, 0) is 11.3 Å². The van der Waals surface area contributed by atoms with Gasteiger partial charge in [0.05, 0.1) is 6.61 Å². The smallest absolute Gasteiger partial charge is 0.122 e. The predicted octanol–water partition coefficient (Wildman–Crippen LogP) is 8.08. The Kier molecular flexibility index (Phi) is 8.93. The van der Waals surface area contributed by atoms with E-state index in [1.807, 2.05) is 18.2 Å². The van der Waals surface area contributed by atoms with Gasteiger partial charge in [-0.2, -0.15) is 11.3 Å². The minimum Gasteiger partial charge on any atom is -0.488 e. The van der Waals surface area contributed by atoms with Gasteiger partial charge in [-0.3, -0.25) is 0 Å². The summed E-state index contributed by atoms with van der Waals surface area (Å²) in [6.07, 6.45) is 6.99. The van der Waals surface area contributed by atoms with E-state index in [0.29, 0.717) is 13.2 Å². The number of ether oxygens (including phenoxy) is 2. The Hall–Kier alpha value is -2.58. The molecule has 0 bridgehead atoms. The van der Waals surface area contributed by atoms with E-state index in [2.05, 4.69) is 85.2 Å². The first-order valence-electron chi connectivity index (χ1n) is 10.6. The molecular weight excluding hydrogens is 432 g/mol. The van der Waals surface area contributed by atoms with Gasteiger partial charge in [0.2, 0.25) is 0 Å². The zero-order valence-electron chi connectivity index (χ0n) is 19.2. The maximum atomic E-state index is 6.07. The third-order valence-electron chi connectivity index (χ3n) is 4.48. The molecule has 1 aromatic carbocycles. The SMILES string of the molecule is COCC(=Cc1cccc(OCc2cc(-c3ccsc3)cs2)c1)CC=CC#CC(C)(C)C. The normalized spacial score (nSPS) is 12.1. The first-order valence-corrected chi connectivity index (χ1v) is 12.4. The molecule has 0 saturated carbocycles. The fourth-order valence-corrected chi connectivity index (χ4v) is 4.46. The van der Waals surface area contributed by atoms with Gasteiger partial charge in [-0.1, -0.05) is 36.1 Å². The van der Waals surface area contributed by atoms with Crippen molar-refractivity contribution in [1.29, 1.82) is 0 Å². The summed E-state index contributed by atoms with van der Waals surface area (Å²) in [6.45, 7) is 7.49. The van der Waals surface area contributed by atoms with Crippen LogP contribution in [0.3, 0.4) is 0 Å². The largest absolute Gasteiger partial charge is 0.488 e. The monoisotopic (exact) mass is 462 g/mol. The number of hydrogen-bond donors (Lipinski definition) is 0. The molecule has 4 heteroatoms. The van der Waals surface area contributed by atoms with Gasteiger partial charge in [-0.25, -0.2) is 0 Å². The lowest BCUT2D eigenvalue weighted by molar-refractivity contribution is 0.225. The number of benzene rings is 1. The molecule has 3 aromatic rings. The fourth-order valence-electron chi connectivity index (χ4n) is 2.99. The minimum absolute atomic E-state index is 0.0184. The van der Waals surface area contributed by atoms with Crippen LogP contribution in [0.15, 0.2) is 70.3 Å². The summed E-state index contributed by atoms with van der Waals surface area (Å²) in [5, 5.41) is 6.47. The molecule has 0 atom stereocenters. The second-order valence-electron chi connectivity index (χ2n) is 8.54. The van der Waals surface area contributed by atoms with Crippen molar-refractivity contribution in [3.8, 4) is 28.7 Å². The summed E-state index contributed by atoms with van der Waals surface area (Å²) in [5.74, 6) is 7.21. The second kappa shape index (κ2) is 11.9. The quantitative estimate of drug-likeness (QED) is 0.299. The summed E-state index contributed by atoms with van der Waals surface area (Å²) in [6, 6.07) is 12.6. The van der Waals surface area contributed by atoms with Crippen molar-refractivity contribution in [1.82, 2.24) is 0 Å². The Morgan fingerprint density at radius 2 is 1.97 bits per heavy atom. The van der Waals surface area contributed by atoms with Crippen LogP contribution >= 0.6 is 22.7 Å². The third kappa shape index (κ3) is 8.16. The lowest BCUT2D eigenvalue weighted by Gasteiger charge is -2.07. The topological polar surface area (TPSA) is 18.5 Å². The van der Waals surface area contributed by atoms with Crippen molar-refractivity contribution in [2.75, 3.05) is 13.7 Å². The first-order chi connectivity index (χ1) is 15.4. The van der Waals surface area contributed by atoms with E-state index >= 15 is 0 Å². The number of thiophene rings is 2. The standard InChI is InChI=1S/C28H30O2S2/c1-28(2,3)13-7-5-6-9-23(18-29-4)15-22-10-8-11-26(16-22)30-19-27-17-25(21-32-27)24-12-14-31-20-24/h5-6,8,10-12,14-17,20-21H,9,18-19H2,1-4H3. The molecule has 2 nitrogen and oxygen atoms in total. The van der Waals surface area contributed by atoms with Crippen molar-refractivity contribution in [2.24, 2.45) is 5.41 Å². The van der Waals surface area contributed by atoms with Crippen LogP contribution in [0.5, 0.6) is 5.75 Å². The van der Waals surface area contributed by atoms with E-state index in [0.717, 1.165) is 17.7 Å². The Morgan fingerprint density at radius 1 is 1.09 bits per heavy atom. The Bertz CT molecular complexity index is 1100. The molecule has 0 radical (unpaired) electrons. The molecule has 0 N–H and O–H groups in total. The van der Waals surface area contributed by atoms with E-state index in [1.54, 1.807) is 29.8 Å². The van der Waals surface area contributed by atoms with Crippen LogP contribution in [0.1, 0.15) is 37.6 Å². The van der Waals surface area contributed by atoms with Gasteiger partial charge in [-0.15, -0.1) is 11.3 Å². The second-order valence-corrected chi connectivity index (χ2v) is 10.3. The van der Waals surface area contributed by atoms with Gasteiger partial charge in [0.25, 0.3) is 0 Å². The molecule has 0 fully saturated rings. The molecule has 0 aliphatic heterocycles. The highest BCUT2D eigenvalue weighted by molar-refractivity contribution is 7.10. The molecule has 0 unspecified atom stereocenters. The van der Waals surface area contributed by atoms with E-state index in [4.69, 9.17) is 9.47 Å². The molecule has 2 heterocycles. The molecule has 0 aliphatic rings. The fraction of sp³-hybridized carbons (Fsp3) is 0.286. The molecular formula is C28H30O2S2. The summed E-state index contributed by atoms with van der Waals surface area (Å²) in [4.78, 5) is 1.22. The molecule has 0 amide bonds. The molecule has 166 valence electrons. The highest BCUT2D eigenvalue weighted by Gasteiger charge is 2.05. The zero-order chi connectivity index (χ0) is 22.8. The van der Waals surface area contributed by atoms with Crippen LogP contribution in [0.25, 0.3) is 17.2 Å². The van der Waals surface area contributed by atoms with Crippen LogP contribution < -0.4 is 4.74 Å². The number of hydrogen-bond acceptors (Lipinski definition) is 4. The number of rotatable bonds is 9. The highest BCUT2D eigenvalue weighted by atomic mass is 32.1. The Morgan fingerprint density at radius 3 is 2.72 bits per heavy atom. The molecule has 32 heavy (non-hydrogen) atoms. The third-order valence-corrected chi connectivity index (χ3v) is 6.07. The van der Waals surface area contributed by atoms with Crippen LogP contribution in [0, 0.1) is 17.3 Å². The lowest BCUT2D eigenvalue weighted by atomic mass is 9.98. The minimum atomic E-state index is 0.0184. The van der Waals surface area contributed by atoms with E-state index in [9.17, 15) is 0 Å². The van der Waals surface area contributed by atoms with Crippen LogP contribution in [0.2, 0.25) is 0 Å². The van der Waals surface area contributed by atoms with Crippen LogP contribution in [0.4, 0.5) is 0 Å². The van der Waals surface area contributed by atoms with Crippen molar-refractivity contribution in [3.63, 3.8) is 0 Å². The summed E-state index contributed by atoms with van der Waals surface area (Å²) < 4.78 is 11.5. The predicted molar refractivity (Wildman–Crippen MR) is 139 cm³/mol. The van der Waals surface area contributed by atoms with Gasteiger partial charge in [0.1, 0.15) is 12.4 Å². The Balaban J connectivity index is 1.62. The average Bonchev–Trinajstić information content (AvgIpc) is 3.43. The van der Waals surface area contributed by atoms with Gasteiger partial charge in [-0.05, 0) is 95.9 Å². The van der Waals surface area contributed by atoms with Gasteiger partial charge in [0.15, 0.2) is 0 Å². The highest BCUT2D eigenvalue weighted by Crippen LogP contribution is 2.28. The average molecular weight is 463 g/mol. The van der Waals surface area contributed by atoms with E-state index in [1.165, 1.54) is 21.6 Å². The zero-order valence-corrected chi connectivity index (χ0v) is 20.8. The number of methoxy groups -OCH3 is 1. The van der Waals surface area contributed by atoms with Crippen molar-refractivity contribution in [3.05, 3.63) is 80.7 Å².